The second-order valence-corrected chi connectivity index (χ2v) is 5.78. The lowest BCUT2D eigenvalue weighted by atomic mass is 9.86. The molecule has 3 heterocycles. The molecule has 3 aliphatic heterocycles. The van der Waals surface area contributed by atoms with Gasteiger partial charge in [0, 0.05) is 26.2 Å². The van der Waals surface area contributed by atoms with Crippen LogP contribution in [0.3, 0.4) is 0 Å². The van der Waals surface area contributed by atoms with Crippen LogP contribution in [0.5, 0.6) is 0 Å². The van der Waals surface area contributed by atoms with E-state index in [2.05, 4.69) is 70.5 Å². The number of nitrogens with zero attached hydrogens (tertiary/aromatic N) is 2. The Hall–Kier alpha value is -1.64. The molecular weight excluding hydrogens is 244 g/mol. The van der Waals surface area contributed by atoms with Crippen molar-refractivity contribution in [1.82, 2.24) is 9.80 Å². The van der Waals surface area contributed by atoms with Gasteiger partial charge in [-0.1, -0.05) is 60.7 Å². The summed E-state index contributed by atoms with van der Waals surface area (Å²) in [5.41, 5.74) is 2.90. The Morgan fingerprint density at radius 1 is 0.550 bits per heavy atom. The molecule has 0 aromatic heterocycles. The maximum atomic E-state index is 2.66. The molecular formula is C18H20N2. The molecule has 2 bridgehead atoms. The van der Waals surface area contributed by atoms with E-state index in [9.17, 15) is 0 Å². The second kappa shape index (κ2) is 5.04. The third-order valence-corrected chi connectivity index (χ3v) is 4.72. The van der Waals surface area contributed by atoms with Gasteiger partial charge in [0.15, 0.2) is 0 Å². The summed E-state index contributed by atoms with van der Waals surface area (Å²) >= 11 is 0. The first-order valence-electron chi connectivity index (χ1n) is 7.51. The molecule has 20 heavy (non-hydrogen) atoms. The standard InChI is InChI=1S/C18H20N2/c1-3-7-15(8-4-1)17-18(16-9-5-2-6-10-16)20-13-11-19(17)12-14-20/h1-10,17-18H,11-14H2/t17-,18-/m0/s1. The minimum atomic E-state index is 0.501. The summed E-state index contributed by atoms with van der Waals surface area (Å²) in [7, 11) is 0. The third-order valence-electron chi connectivity index (χ3n) is 4.72. The van der Waals surface area contributed by atoms with E-state index in [1.807, 2.05) is 0 Å². The van der Waals surface area contributed by atoms with E-state index in [1.165, 1.54) is 37.3 Å². The summed E-state index contributed by atoms with van der Waals surface area (Å²) in [5, 5.41) is 0. The molecule has 0 amide bonds. The van der Waals surface area contributed by atoms with Crippen molar-refractivity contribution in [2.75, 3.05) is 26.2 Å². The van der Waals surface area contributed by atoms with Gasteiger partial charge in [0.1, 0.15) is 0 Å². The summed E-state index contributed by atoms with van der Waals surface area (Å²) in [5.74, 6) is 0. The van der Waals surface area contributed by atoms with Crippen LogP contribution in [-0.4, -0.2) is 36.0 Å². The van der Waals surface area contributed by atoms with E-state index in [0.29, 0.717) is 12.1 Å². The summed E-state index contributed by atoms with van der Waals surface area (Å²) < 4.78 is 0. The Bertz CT molecular complexity index is 505. The Balaban J connectivity index is 1.77. The fourth-order valence-corrected chi connectivity index (χ4v) is 3.78. The first-order chi connectivity index (χ1) is 9.93. The van der Waals surface area contributed by atoms with Crippen LogP contribution < -0.4 is 0 Å². The minimum absolute atomic E-state index is 0.501. The van der Waals surface area contributed by atoms with Crippen molar-refractivity contribution in [2.24, 2.45) is 0 Å². The predicted molar refractivity (Wildman–Crippen MR) is 81.5 cm³/mol. The smallest absolute Gasteiger partial charge is 0.0546 e. The average Bonchev–Trinajstić information content (AvgIpc) is 2.57. The Kier molecular flexibility index (Phi) is 3.06. The van der Waals surface area contributed by atoms with Crippen LogP contribution >= 0.6 is 0 Å². The van der Waals surface area contributed by atoms with E-state index in [0.717, 1.165) is 0 Å². The van der Waals surface area contributed by atoms with Crippen LogP contribution in [0.1, 0.15) is 23.2 Å². The molecule has 0 spiro atoms. The van der Waals surface area contributed by atoms with Crippen LogP contribution in [0.2, 0.25) is 0 Å². The molecule has 0 unspecified atom stereocenters. The first kappa shape index (κ1) is 12.1. The zero-order valence-electron chi connectivity index (χ0n) is 11.7. The van der Waals surface area contributed by atoms with Crippen LogP contribution in [-0.2, 0) is 0 Å². The van der Waals surface area contributed by atoms with Crippen molar-refractivity contribution in [3.8, 4) is 0 Å². The maximum Gasteiger partial charge on any atom is 0.0546 e. The Labute approximate surface area is 120 Å². The summed E-state index contributed by atoms with van der Waals surface area (Å²) in [6.07, 6.45) is 0. The summed E-state index contributed by atoms with van der Waals surface area (Å²) in [4.78, 5) is 5.32. The zero-order valence-corrected chi connectivity index (χ0v) is 11.7. The summed E-state index contributed by atoms with van der Waals surface area (Å²) in [6, 6.07) is 23.0. The number of fused-ring (bicyclic) bond motifs is 3. The normalized spacial score (nSPS) is 32.2. The molecule has 102 valence electrons. The molecule has 5 rings (SSSR count). The highest BCUT2D eigenvalue weighted by molar-refractivity contribution is 5.29. The highest BCUT2D eigenvalue weighted by Gasteiger charge is 2.41. The summed E-state index contributed by atoms with van der Waals surface area (Å²) in [6.45, 7) is 4.79. The fraction of sp³-hybridized carbons (Fsp3) is 0.333. The van der Waals surface area contributed by atoms with Crippen molar-refractivity contribution in [1.29, 1.82) is 0 Å². The molecule has 0 aliphatic carbocycles. The third kappa shape index (κ3) is 1.96. The highest BCUT2D eigenvalue weighted by Crippen LogP contribution is 2.43. The van der Waals surface area contributed by atoms with Crippen LogP contribution in [0.15, 0.2) is 60.7 Å². The maximum absolute atomic E-state index is 2.66. The number of rotatable bonds is 2. The quantitative estimate of drug-likeness (QED) is 0.822. The van der Waals surface area contributed by atoms with Gasteiger partial charge in [-0.05, 0) is 11.1 Å². The predicted octanol–water partition coefficient (Wildman–Crippen LogP) is 3.10. The number of hydrogen-bond acceptors (Lipinski definition) is 2. The van der Waals surface area contributed by atoms with Gasteiger partial charge in [0.05, 0.1) is 12.1 Å². The molecule has 3 saturated heterocycles. The van der Waals surface area contributed by atoms with Crippen LogP contribution in [0.4, 0.5) is 0 Å². The molecule has 0 saturated carbocycles. The van der Waals surface area contributed by atoms with Crippen LogP contribution in [0.25, 0.3) is 0 Å². The van der Waals surface area contributed by atoms with Gasteiger partial charge < -0.3 is 0 Å². The number of benzene rings is 2. The molecule has 0 radical (unpaired) electrons. The number of piperazine rings is 3. The molecule has 0 N–H and O–H groups in total. The minimum Gasteiger partial charge on any atom is -0.292 e. The van der Waals surface area contributed by atoms with Crippen LogP contribution in [0, 0.1) is 0 Å². The van der Waals surface area contributed by atoms with Gasteiger partial charge in [0.25, 0.3) is 0 Å². The lowest BCUT2D eigenvalue weighted by Gasteiger charge is -2.53. The number of hydrogen-bond donors (Lipinski definition) is 0. The van der Waals surface area contributed by atoms with E-state index >= 15 is 0 Å². The lowest BCUT2D eigenvalue weighted by Crippen LogP contribution is -2.58. The van der Waals surface area contributed by atoms with Crippen molar-refractivity contribution in [3.63, 3.8) is 0 Å². The van der Waals surface area contributed by atoms with E-state index in [1.54, 1.807) is 0 Å². The molecule has 2 aromatic rings. The monoisotopic (exact) mass is 264 g/mol. The second-order valence-electron chi connectivity index (χ2n) is 5.78. The van der Waals surface area contributed by atoms with E-state index < -0.39 is 0 Å². The van der Waals surface area contributed by atoms with Gasteiger partial charge in [-0.15, -0.1) is 0 Å². The van der Waals surface area contributed by atoms with Crippen molar-refractivity contribution < 1.29 is 0 Å². The first-order valence-corrected chi connectivity index (χ1v) is 7.51. The van der Waals surface area contributed by atoms with Gasteiger partial charge in [-0.3, -0.25) is 9.80 Å². The Morgan fingerprint density at radius 3 is 1.25 bits per heavy atom. The van der Waals surface area contributed by atoms with Crippen molar-refractivity contribution in [2.45, 2.75) is 12.1 Å². The fourth-order valence-electron chi connectivity index (χ4n) is 3.78. The van der Waals surface area contributed by atoms with Gasteiger partial charge in [0.2, 0.25) is 0 Å². The van der Waals surface area contributed by atoms with Crippen molar-refractivity contribution in [3.05, 3.63) is 71.8 Å². The van der Waals surface area contributed by atoms with Gasteiger partial charge >= 0.3 is 0 Å². The Morgan fingerprint density at radius 2 is 0.900 bits per heavy atom. The zero-order chi connectivity index (χ0) is 13.4. The average molecular weight is 264 g/mol. The molecule has 2 aromatic carbocycles. The molecule has 3 aliphatic rings. The molecule has 2 heteroatoms. The van der Waals surface area contributed by atoms with E-state index in [-0.39, 0.29) is 0 Å². The molecule has 2 nitrogen and oxygen atoms in total. The van der Waals surface area contributed by atoms with Crippen molar-refractivity contribution >= 4 is 0 Å². The molecule has 2 atom stereocenters. The van der Waals surface area contributed by atoms with E-state index in [4.69, 9.17) is 0 Å². The lowest BCUT2D eigenvalue weighted by molar-refractivity contribution is -0.0405. The van der Waals surface area contributed by atoms with Gasteiger partial charge in [-0.25, -0.2) is 0 Å². The largest absolute Gasteiger partial charge is 0.292 e. The molecule has 3 fully saturated rings. The van der Waals surface area contributed by atoms with Gasteiger partial charge in [-0.2, -0.15) is 0 Å². The highest BCUT2D eigenvalue weighted by atomic mass is 15.4. The SMILES string of the molecule is c1ccc([C@H]2[C@H](c3ccccc3)N3CCN2CC3)cc1. The topological polar surface area (TPSA) is 6.48 Å².